The summed E-state index contributed by atoms with van der Waals surface area (Å²) in [7, 11) is 1.85. The lowest BCUT2D eigenvalue weighted by molar-refractivity contribution is -0.117. The van der Waals surface area contributed by atoms with Crippen molar-refractivity contribution in [2.45, 2.75) is 6.10 Å². The van der Waals surface area contributed by atoms with E-state index in [9.17, 15) is 9.59 Å². The first-order chi connectivity index (χ1) is 12.5. The van der Waals surface area contributed by atoms with Crippen molar-refractivity contribution < 1.29 is 19.1 Å². The van der Waals surface area contributed by atoms with Crippen LogP contribution in [0.5, 0.6) is 11.5 Å². The van der Waals surface area contributed by atoms with E-state index < -0.39 is 5.91 Å². The Labute approximate surface area is 151 Å². The van der Waals surface area contributed by atoms with E-state index >= 15 is 0 Å². The van der Waals surface area contributed by atoms with E-state index in [0.717, 1.165) is 11.5 Å². The fourth-order valence-electron chi connectivity index (χ4n) is 2.73. The van der Waals surface area contributed by atoms with Crippen LogP contribution in [0.2, 0.25) is 0 Å². The van der Waals surface area contributed by atoms with Crippen LogP contribution < -0.4 is 20.5 Å². The maximum absolute atomic E-state index is 12.2. The minimum absolute atomic E-state index is 0.141. The van der Waals surface area contributed by atoms with Crippen LogP contribution in [0.15, 0.2) is 48.5 Å². The lowest BCUT2D eigenvalue weighted by atomic mass is 10.2. The molecule has 3 N–H and O–H groups in total. The first-order valence-corrected chi connectivity index (χ1v) is 8.28. The quantitative estimate of drug-likeness (QED) is 0.819. The number of hydrogen-bond acceptors (Lipinski definition) is 5. The highest BCUT2D eigenvalue weighted by molar-refractivity contribution is 5.95. The summed E-state index contributed by atoms with van der Waals surface area (Å²) in [4.78, 5) is 25.1. The van der Waals surface area contributed by atoms with E-state index in [1.165, 1.54) is 0 Å². The van der Waals surface area contributed by atoms with Crippen LogP contribution in [-0.4, -0.2) is 49.6 Å². The summed E-state index contributed by atoms with van der Waals surface area (Å²) < 4.78 is 11.6. The van der Waals surface area contributed by atoms with E-state index in [2.05, 4.69) is 5.32 Å². The lowest BCUT2D eigenvalue weighted by Gasteiger charge is -2.29. The molecule has 7 nitrogen and oxygen atoms in total. The molecule has 1 aliphatic heterocycles. The summed E-state index contributed by atoms with van der Waals surface area (Å²) in [6.45, 7) is 1.21. The third kappa shape index (κ3) is 4.52. The molecule has 0 saturated heterocycles. The minimum Gasteiger partial charge on any atom is -0.486 e. The topological polar surface area (TPSA) is 93.9 Å². The molecule has 2 amide bonds. The molecule has 7 heteroatoms. The van der Waals surface area contributed by atoms with Gasteiger partial charge in [0.2, 0.25) is 11.8 Å². The lowest BCUT2D eigenvalue weighted by Crippen LogP contribution is -2.42. The smallest absolute Gasteiger partial charge is 0.248 e. The molecule has 3 rings (SSSR count). The van der Waals surface area contributed by atoms with Gasteiger partial charge in [-0.1, -0.05) is 12.1 Å². The molecule has 0 radical (unpaired) electrons. The molecule has 0 aromatic heterocycles. The van der Waals surface area contributed by atoms with Crippen molar-refractivity contribution in [3.05, 3.63) is 54.1 Å². The number of nitrogens with zero attached hydrogens (tertiary/aromatic N) is 1. The van der Waals surface area contributed by atoms with Gasteiger partial charge >= 0.3 is 0 Å². The molecule has 2 aromatic rings. The third-order valence-electron chi connectivity index (χ3n) is 3.95. The molecule has 0 unspecified atom stereocenters. The second-order valence-electron chi connectivity index (χ2n) is 6.18. The maximum atomic E-state index is 12.2. The highest BCUT2D eigenvalue weighted by atomic mass is 16.6. The van der Waals surface area contributed by atoms with Gasteiger partial charge in [0.25, 0.3) is 0 Å². The van der Waals surface area contributed by atoms with Crippen molar-refractivity contribution in [1.29, 1.82) is 0 Å². The summed E-state index contributed by atoms with van der Waals surface area (Å²) in [5.74, 6) is 0.801. The number of nitrogens with one attached hydrogen (secondary N) is 1. The van der Waals surface area contributed by atoms with Gasteiger partial charge in [0.05, 0.1) is 6.54 Å². The molecule has 0 saturated carbocycles. The number of ether oxygens (including phenoxy) is 2. The second-order valence-corrected chi connectivity index (χ2v) is 6.18. The molecule has 2 aromatic carbocycles. The van der Waals surface area contributed by atoms with Gasteiger partial charge in [-0.05, 0) is 43.4 Å². The van der Waals surface area contributed by atoms with Crippen LogP contribution in [0.4, 0.5) is 5.69 Å². The van der Waals surface area contributed by atoms with Gasteiger partial charge < -0.3 is 20.5 Å². The van der Waals surface area contributed by atoms with Gasteiger partial charge in [0, 0.05) is 17.8 Å². The molecular weight excluding hydrogens is 334 g/mol. The number of amides is 2. The number of rotatable bonds is 6. The van der Waals surface area contributed by atoms with Crippen LogP contribution in [-0.2, 0) is 4.79 Å². The van der Waals surface area contributed by atoms with Gasteiger partial charge in [0.15, 0.2) is 11.5 Å². The third-order valence-corrected chi connectivity index (χ3v) is 3.95. The Balaban J connectivity index is 1.48. The van der Waals surface area contributed by atoms with Crippen molar-refractivity contribution in [2.24, 2.45) is 5.73 Å². The summed E-state index contributed by atoms with van der Waals surface area (Å²) in [6.07, 6.45) is -0.141. The first-order valence-electron chi connectivity index (χ1n) is 8.28. The Morgan fingerprint density at radius 1 is 1.15 bits per heavy atom. The van der Waals surface area contributed by atoms with E-state index in [4.69, 9.17) is 15.2 Å². The number of carbonyl (C=O) groups excluding carboxylic acids is 2. The number of fused-ring (bicyclic) bond motifs is 1. The fraction of sp³-hybridized carbons (Fsp3) is 0.263. The second kappa shape index (κ2) is 7.88. The van der Waals surface area contributed by atoms with E-state index in [1.54, 1.807) is 24.3 Å². The number of para-hydroxylation sites is 2. The first kappa shape index (κ1) is 17.8. The van der Waals surface area contributed by atoms with Gasteiger partial charge in [-0.3, -0.25) is 14.5 Å². The van der Waals surface area contributed by atoms with Crippen molar-refractivity contribution in [1.82, 2.24) is 4.90 Å². The van der Waals surface area contributed by atoms with Crippen molar-refractivity contribution in [3.63, 3.8) is 0 Å². The van der Waals surface area contributed by atoms with Gasteiger partial charge in [0.1, 0.15) is 12.7 Å². The molecule has 0 bridgehead atoms. The predicted molar refractivity (Wildman–Crippen MR) is 97.4 cm³/mol. The average molecular weight is 355 g/mol. The number of carbonyl (C=O) groups is 2. The summed E-state index contributed by atoms with van der Waals surface area (Å²) in [5, 5.41) is 2.79. The monoisotopic (exact) mass is 355 g/mol. The predicted octanol–water partition coefficient (Wildman–Crippen LogP) is 1.50. The van der Waals surface area contributed by atoms with Gasteiger partial charge in [-0.15, -0.1) is 0 Å². The Hall–Kier alpha value is -3.06. The number of benzene rings is 2. The van der Waals surface area contributed by atoms with Crippen LogP contribution in [0.3, 0.4) is 0 Å². The summed E-state index contributed by atoms with van der Waals surface area (Å²) in [6, 6.07) is 14.0. The molecule has 1 heterocycles. The molecule has 26 heavy (non-hydrogen) atoms. The number of anilines is 1. The number of hydrogen-bond donors (Lipinski definition) is 2. The van der Waals surface area contributed by atoms with Crippen molar-refractivity contribution in [2.75, 3.05) is 32.1 Å². The molecular formula is C19H21N3O4. The van der Waals surface area contributed by atoms with E-state index in [1.807, 2.05) is 36.2 Å². The maximum Gasteiger partial charge on any atom is 0.248 e. The SMILES string of the molecule is CN(CC(=O)Nc1ccc(C(N)=O)cc1)C[C@@H]1COc2ccccc2O1. The van der Waals surface area contributed by atoms with Gasteiger partial charge in [-0.25, -0.2) is 0 Å². The average Bonchev–Trinajstić information content (AvgIpc) is 2.61. The van der Waals surface area contributed by atoms with Crippen LogP contribution >= 0.6 is 0 Å². The van der Waals surface area contributed by atoms with Crippen LogP contribution in [0.1, 0.15) is 10.4 Å². The Bertz CT molecular complexity index is 792. The normalized spacial score (nSPS) is 15.5. The Kier molecular flexibility index (Phi) is 5.38. The number of likely N-dealkylation sites (N-methyl/N-ethyl adjacent to an activating group) is 1. The van der Waals surface area contributed by atoms with Crippen LogP contribution in [0, 0.1) is 0 Å². The number of primary amides is 1. The van der Waals surface area contributed by atoms with Crippen LogP contribution in [0.25, 0.3) is 0 Å². The summed E-state index contributed by atoms with van der Waals surface area (Å²) >= 11 is 0. The Morgan fingerprint density at radius 3 is 2.54 bits per heavy atom. The standard InChI is InChI=1S/C19H21N3O4/c1-22(10-15-12-25-16-4-2-3-5-17(16)26-15)11-18(23)21-14-8-6-13(7-9-14)19(20)24/h2-9,15H,10-12H2,1H3,(H2,20,24)(H,21,23)/t15-/m1/s1. The molecule has 0 fully saturated rings. The Morgan fingerprint density at radius 2 is 1.85 bits per heavy atom. The van der Waals surface area contributed by atoms with Gasteiger partial charge in [-0.2, -0.15) is 0 Å². The number of nitrogens with two attached hydrogens (primary N) is 1. The highest BCUT2D eigenvalue weighted by Gasteiger charge is 2.22. The molecule has 1 aliphatic rings. The molecule has 0 spiro atoms. The van der Waals surface area contributed by atoms with Crippen molar-refractivity contribution in [3.8, 4) is 11.5 Å². The minimum atomic E-state index is -0.501. The molecule has 1 atom stereocenters. The summed E-state index contributed by atoms with van der Waals surface area (Å²) in [5.41, 5.74) is 6.20. The molecule has 136 valence electrons. The highest BCUT2D eigenvalue weighted by Crippen LogP contribution is 2.30. The van der Waals surface area contributed by atoms with E-state index in [-0.39, 0.29) is 18.6 Å². The van der Waals surface area contributed by atoms with Crippen molar-refractivity contribution >= 4 is 17.5 Å². The largest absolute Gasteiger partial charge is 0.486 e. The molecule has 0 aliphatic carbocycles. The van der Waals surface area contributed by atoms with E-state index in [0.29, 0.717) is 24.4 Å². The zero-order valence-corrected chi connectivity index (χ0v) is 14.5. The fourth-order valence-corrected chi connectivity index (χ4v) is 2.73. The zero-order chi connectivity index (χ0) is 18.5. The zero-order valence-electron chi connectivity index (χ0n) is 14.5.